The normalized spacial score (nSPS) is 10.2. The van der Waals surface area contributed by atoms with Crippen LogP contribution in [0.3, 0.4) is 0 Å². The van der Waals surface area contributed by atoms with Gasteiger partial charge in [0.05, 0.1) is 20.6 Å². The first kappa shape index (κ1) is 17.2. The summed E-state index contributed by atoms with van der Waals surface area (Å²) >= 11 is 5.84. The molecule has 2 aromatic rings. The van der Waals surface area contributed by atoms with E-state index in [1.165, 1.54) is 0 Å². The average molecular weight is 334 g/mol. The number of rotatable bonds is 7. The maximum absolute atomic E-state index is 12.0. The molecule has 1 N–H and O–H groups in total. The van der Waals surface area contributed by atoms with Crippen LogP contribution in [0.15, 0.2) is 42.5 Å². The summed E-state index contributed by atoms with van der Waals surface area (Å²) in [7, 11) is 3.16. The molecule has 0 aromatic heterocycles. The van der Waals surface area contributed by atoms with Gasteiger partial charge in [0.15, 0.2) is 11.5 Å². The van der Waals surface area contributed by atoms with E-state index >= 15 is 0 Å². The number of amides is 1. The summed E-state index contributed by atoms with van der Waals surface area (Å²) in [5.74, 6) is 1.25. The van der Waals surface area contributed by atoms with Crippen molar-refractivity contribution in [1.82, 2.24) is 5.32 Å². The predicted octanol–water partition coefficient (Wildman–Crippen LogP) is 3.26. The number of hydrogen-bond donors (Lipinski definition) is 1. The fourth-order valence-electron chi connectivity index (χ4n) is 2.24. The van der Waals surface area contributed by atoms with Crippen LogP contribution >= 0.6 is 11.6 Å². The van der Waals surface area contributed by atoms with E-state index in [1.807, 2.05) is 36.4 Å². The molecule has 0 heterocycles. The second kappa shape index (κ2) is 8.44. The van der Waals surface area contributed by atoms with Gasteiger partial charge in [-0.2, -0.15) is 0 Å². The van der Waals surface area contributed by atoms with Crippen molar-refractivity contribution in [3.8, 4) is 11.5 Å². The molecule has 5 heteroatoms. The molecule has 0 aliphatic carbocycles. The number of benzene rings is 2. The Morgan fingerprint density at radius 3 is 2.30 bits per heavy atom. The fourth-order valence-corrected chi connectivity index (χ4v) is 2.36. The summed E-state index contributed by atoms with van der Waals surface area (Å²) in [6.45, 7) is 0.591. The summed E-state index contributed by atoms with van der Waals surface area (Å²) < 4.78 is 10.4. The zero-order valence-corrected chi connectivity index (χ0v) is 14.0. The highest BCUT2D eigenvalue weighted by atomic mass is 35.5. The Labute approximate surface area is 141 Å². The second-order valence-corrected chi connectivity index (χ2v) is 5.53. The molecule has 0 bridgehead atoms. The lowest BCUT2D eigenvalue weighted by Gasteiger charge is -2.10. The van der Waals surface area contributed by atoms with E-state index in [-0.39, 0.29) is 5.91 Å². The largest absolute Gasteiger partial charge is 0.493 e. The van der Waals surface area contributed by atoms with Crippen LogP contribution in [-0.4, -0.2) is 26.7 Å². The van der Waals surface area contributed by atoms with Gasteiger partial charge in [-0.1, -0.05) is 29.8 Å². The topological polar surface area (TPSA) is 47.6 Å². The third kappa shape index (κ3) is 5.18. The van der Waals surface area contributed by atoms with Crippen LogP contribution in [-0.2, 0) is 17.6 Å². The van der Waals surface area contributed by atoms with Crippen LogP contribution in [0.2, 0.25) is 5.02 Å². The molecule has 0 radical (unpaired) electrons. The van der Waals surface area contributed by atoms with E-state index in [2.05, 4.69) is 5.32 Å². The van der Waals surface area contributed by atoms with Gasteiger partial charge in [-0.25, -0.2) is 0 Å². The maximum Gasteiger partial charge on any atom is 0.224 e. The van der Waals surface area contributed by atoms with Crippen molar-refractivity contribution in [2.75, 3.05) is 20.8 Å². The van der Waals surface area contributed by atoms with Crippen LogP contribution in [0.25, 0.3) is 0 Å². The molecule has 0 spiro atoms. The first-order valence-corrected chi connectivity index (χ1v) is 7.72. The standard InChI is InChI=1S/C18H20ClNO3/c1-22-16-8-5-14(11-17(16)23-2)12-18(21)20-10-9-13-3-6-15(19)7-4-13/h3-8,11H,9-10,12H2,1-2H3,(H,20,21). The molecule has 0 saturated heterocycles. The number of carbonyl (C=O) groups is 1. The molecule has 0 aliphatic heterocycles. The van der Waals surface area contributed by atoms with Gasteiger partial charge in [0, 0.05) is 11.6 Å². The maximum atomic E-state index is 12.0. The minimum absolute atomic E-state index is 0.0221. The Hall–Kier alpha value is -2.20. The lowest BCUT2D eigenvalue weighted by molar-refractivity contribution is -0.120. The van der Waals surface area contributed by atoms with Crippen molar-refractivity contribution in [2.45, 2.75) is 12.8 Å². The molecule has 0 unspecified atom stereocenters. The molecule has 0 aliphatic rings. The van der Waals surface area contributed by atoms with Gasteiger partial charge in [0.1, 0.15) is 0 Å². The third-order valence-corrected chi connectivity index (χ3v) is 3.71. The molecule has 0 atom stereocenters. The van der Waals surface area contributed by atoms with Crippen molar-refractivity contribution in [3.63, 3.8) is 0 Å². The minimum Gasteiger partial charge on any atom is -0.493 e. The van der Waals surface area contributed by atoms with E-state index in [0.29, 0.717) is 29.5 Å². The Morgan fingerprint density at radius 2 is 1.65 bits per heavy atom. The molecule has 4 nitrogen and oxygen atoms in total. The molecule has 0 saturated carbocycles. The van der Waals surface area contributed by atoms with Crippen LogP contribution < -0.4 is 14.8 Å². The molecule has 2 aromatic carbocycles. The van der Waals surface area contributed by atoms with Gasteiger partial charge >= 0.3 is 0 Å². The van der Waals surface area contributed by atoms with E-state index in [4.69, 9.17) is 21.1 Å². The van der Waals surface area contributed by atoms with Crippen molar-refractivity contribution in [3.05, 3.63) is 58.6 Å². The highest BCUT2D eigenvalue weighted by molar-refractivity contribution is 6.30. The monoisotopic (exact) mass is 333 g/mol. The summed E-state index contributed by atoms with van der Waals surface area (Å²) in [4.78, 5) is 12.0. The Balaban J connectivity index is 1.83. The number of methoxy groups -OCH3 is 2. The molecule has 23 heavy (non-hydrogen) atoms. The predicted molar refractivity (Wildman–Crippen MR) is 91.4 cm³/mol. The molecular formula is C18H20ClNO3. The van der Waals surface area contributed by atoms with Gasteiger partial charge in [-0.05, 0) is 41.8 Å². The minimum atomic E-state index is -0.0221. The Kier molecular flexibility index (Phi) is 6.29. The second-order valence-electron chi connectivity index (χ2n) is 5.09. The van der Waals surface area contributed by atoms with Gasteiger partial charge in [-0.3, -0.25) is 4.79 Å². The summed E-state index contributed by atoms with van der Waals surface area (Å²) in [6, 6.07) is 13.1. The van der Waals surface area contributed by atoms with E-state index in [0.717, 1.165) is 17.5 Å². The van der Waals surface area contributed by atoms with Crippen LogP contribution in [0, 0.1) is 0 Å². The number of ether oxygens (including phenoxy) is 2. The highest BCUT2D eigenvalue weighted by Gasteiger charge is 2.08. The highest BCUT2D eigenvalue weighted by Crippen LogP contribution is 2.27. The zero-order valence-electron chi connectivity index (χ0n) is 13.3. The van der Waals surface area contributed by atoms with Crippen molar-refractivity contribution in [2.24, 2.45) is 0 Å². The van der Waals surface area contributed by atoms with Gasteiger partial charge in [0.2, 0.25) is 5.91 Å². The van der Waals surface area contributed by atoms with Crippen LogP contribution in [0.5, 0.6) is 11.5 Å². The summed E-state index contributed by atoms with van der Waals surface area (Å²) in [5, 5.41) is 3.63. The van der Waals surface area contributed by atoms with E-state index in [1.54, 1.807) is 20.3 Å². The number of carbonyl (C=O) groups excluding carboxylic acids is 1. The summed E-state index contributed by atoms with van der Waals surface area (Å²) in [6.07, 6.45) is 1.08. The van der Waals surface area contributed by atoms with Gasteiger partial charge < -0.3 is 14.8 Å². The number of halogens is 1. The molecule has 0 fully saturated rings. The SMILES string of the molecule is COc1ccc(CC(=O)NCCc2ccc(Cl)cc2)cc1OC. The fraction of sp³-hybridized carbons (Fsp3) is 0.278. The molecular weight excluding hydrogens is 314 g/mol. The molecule has 122 valence electrons. The number of nitrogens with one attached hydrogen (secondary N) is 1. The van der Waals surface area contributed by atoms with Gasteiger partial charge in [0.25, 0.3) is 0 Å². The smallest absolute Gasteiger partial charge is 0.224 e. The average Bonchev–Trinajstić information content (AvgIpc) is 2.56. The number of hydrogen-bond acceptors (Lipinski definition) is 3. The van der Waals surface area contributed by atoms with Crippen LogP contribution in [0.4, 0.5) is 0 Å². The Bertz CT molecular complexity index is 656. The summed E-state index contributed by atoms with van der Waals surface area (Å²) in [5.41, 5.74) is 2.02. The zero-order chi connectivity index (χ0) is 16.7. The van der Waals surface area contributed by atoms with Crippen molar-refractivity contribution < 1.29 is 14.3 Å². The first-order valence-electron chi connectivity index (χ1n) is 7.34. The van der Waals surface area contributed by atoms with Gasteiger partial charge in [-0.15, -0.1) is 0 Å². The third-order valence-electron chi connectivity index (χ3n) is 3.46. The van der Waals surface area contributed by atoms with Crippen molar-refractivity contribution in [1.29, 1.82) is 0 Å². The van der Waals surface area contributed by atoms with E-state index < -0.39 is 0 Å². The van der Waals surface area contributed by atoms with E-state index in [9.17, 15) is 4.79 Å². The molecule has 2 rings (SSSR count). The molecule has 1 amide bonds. The Morgan fingerprint density at radius 1 is 1.00 bits per heavy atom. The lowest BCUT2D eigenvalue weighted by Crippen LogP contribution is -2.27. The lowest BCUT2D eigenvalue weighted by atomic mass is 10.1. The van der Waals surface area contributed by atoms with Crippen LogP contribution in [0.1, 0.15) is 11.1 Å². The quantitative estimate of drug-likeness (QED) is 0.846. The van der Waals surface area contributed by atoms with Crippen molar-refractivity contribution >= 4 is 17.5 Å². The first-order chi connectivity index (χ1) is 11.1.